The number of hydrogen-bond acceptors (Lipinski definition) is 6. The first kappa shape index (κ1) is 20.8. The van der Waals surface area contributed by atoms with E-state index < -0.39 is 0 Å². The van der Waals surface area contributed by atoms with Gasteiger partial charge in [-0.2, -0.15) is 0 Å². The highest BCUT2D eigenvalue weighted by Crippen LogP contribution is 2.33. The summed E-state index contributed by atoms with van der Waals surface area (Å²) >= 11 is 0. The monoisotopic (exact) mass is 438 g/mol. The van der Waals surface area contributed by atoms with Gasteiger partial charge in [0.15, 0.2) is 11.6 Å². The van der Waals surface area contributed by atoms with Crippen LogP contribution >= 0.6 is 0 Å². The molecule has 32 heavy (non-hydrogen) atoms. The first-order valence-electron chi connectivity index (χ1n) is 11.3. The van der Waals surface area contributed by atoms with E-state index in [1.807, 2.05) is 4.68 Å². The minimum atomic E-state index is -0.270. The lowest BCUT2D eigenvalue weighted by atomic mass is 9.95. The van der Waals surface area contributed by atoms with Crippen LogP contribution in [0.5, 0.6) is 0 Å². The van der Waals surface area contributed by atoms with Crippen LogP contribution in [0.4, 0.5) is 4.39 Å². The summed E-state index contributed by atoms with van der Waals surface area (Å²) in [5.74, 6) is 0.775. The number of aromatic nitrogens is 4. The molecule has 1 aromatic carbocycles. The number of furan rings is 1. The lowest BCUT2D eigenvalue weighted by Crippen LogP contribution is -2.50. The molecule has 8 nitrogen and oxygen atoms in total. The van der Waals surface area contributed by atoms with Crippen LogP contribution in [0, 0.1) is 5.82 Å². The molecule has 1 saturated heterocycles. The van der Waals surface area contributed by atoms with Gasteiger partial charge in [-0.25, -0.2) is 9.07 Å². The highest BCUT2D eigenvalue weighted by molar-refractivity contribution is 5.91. The number of halogens is 1. The molecular formula is C23H27FN6O2. The molecule has 168 valence electrons. The van der Waals surface area contributed by atoms with Crippen LogP contribution in [0.15, 0.2) is 47.1 Å². The zero-order valence-electron chi connectivity index (χ0n) is 17.9. The highest BCUT2D eigenvalue weighted by atomic mass is 19.1. The van der Waals surface area contributed by atoms with Crippen LogP contribution in [-0.4, -0.2) is 62.1 Å². The number of carbonyl (C=O) groups is 1. The summed E-state index contributed by atoms with van der Waals surface area (Å²) in [5.41, 5.74) is 0.948. The van der Waals surface area contributed by atoms with Gasteiger partial charge in [-0.3, -0.25) is 9.69 Å². The molecule has 1 atom stereocenters. The lowest BCUT2D eigenvalue weighted by Gasteiger charge is -2.39. The molecule has 1 amide bonds. The number of hydrogen-bond donors (Lipinski definition) is 0. The number of piperazine rings is 1. The minimum Gasteiger partial charge on any atom is -0.459 e. The Hall–Kier alpha value is -3.07. The maximum absolute atomic E-state index is 13.7. The van der Waals surface area contributed by atoms with Crippen molar-refractivity contribution in [2.75, 3.05) is 26.2 Å². The molecule has 1 aliphatic carbocycles. The van der Waals surface area contributed by atoms with Crippen LogP contribution in [0.1, 0.15) is 66.1 Å². The molecule has 5 rings (SSSR count). The summed E-state index contributed by atoms with van der Waals surface area (Å²) in [6, 6.07) is 10.1. The summed E-state index contributed by atoms with van der Waals surface area (Å²) < 4.78 is 20.9. The average molecular weight is 439 g/mol. The largest absolute Gasteiger partial charge is 0.459 e. The van der Waals surface area contributed by atoms with Crippen molar-refractivity contribution in [3.8, 4) is 0 Å². The van der Waals surface area contributed by atoms with Gasteiger partial charge >= 0.3 is 0 Å². The predicted molar refractivity (Wildman–Crippen MR) is 114 cm³/mol. The molecule has 2 aliphatic rings. The maximum atomic E-state index is 13.7. The van der Waals surface area contributed by atoms with Gasteiger partial charge in [0, 0.05) is 26.2 Å². The van der Waals surface area contributed by atoms with Crippen molar-refractivity contribution in [2.45, 2.75) is 44.2 Å². The number of rotatable bonds is 5. The molecular weight excluding hydrogens is 411 g/mol. The van der Waals surface area contributed by atoms with Gasteiger partial charge < -0.3 is 9.32 Å². The first-order valence-corrected chi connectivity index (χ1v) is 11.3. The normalized spacial score (nSPS) is 19.2. The molecule has 0 radical (unpaired) electrons. The Morgan fingerprint density at radius 1 is 1.03 bits per heavy atom. The van der Waals surface area contributed by atoms with Crippen molar-refractivity contribution >= 4 is 5.91 Å². The Morgan fingerprint density at radius 3 is 2.47 bits per heavy atom. The van der Waals surface area contributed by atoms with Crippen molar-refractivity contribution in [3.05, 3.63) is 65.6 Å². The van der Waals surface area contributed by atoms with Crippen molar-refractivity contribution in [1.82, 2.24) is 30.0 Å². The summed E-state index contributed by atoms with van der Waals surface area (Å²) in [4.78, 5) is 16.8. The van der Waals surface area contributed by atoms with E-state index in [0.29, 0.717) is 38.0 Å². The van der Waals surface area contributed by atoms with Gasteiger partial charge in [0.1, 0.15) is 5.82 Å². The Bertz CT molecular complexity index is 1020. The van der Waals surface area contributed by atoms with Crippen LogP contribution < -0.4 is 0 Å². The van der Waals surface area contributed by atoms with Gasteiger partial charge in [-0.15, -0.1) is 5.10 Å². The van der Waals surface area contributed by atoms with E-state index in [0.717, 1.165) is 24.2 Å². The third kappa shape index (κ3) is 4.17. The first-order chi connectivity index (χ1) is 15.7. The molecule has 3 heterocycles. The van der Waals surface area contributed by atoms with Gasteiger partial charge in [-0.05, 0) is 53.1 Å². The van der Waals surface area contributed by atoms with Crippen molar-refractivity contribution in [1.29, 1.82) is 0 Å². The Labute approximate surface area is 186 Å². The maximum Gasteiger partial charge on any atom is 0.289 e. The zero-order valence-corrected chi connectivity index (χ0v) is 17.9. The number of benzene rings is 1. The number of nitrogens with zero attached hydrogens (tertiary/aromatic N) is 6. The van der Waals surface area contributed by atoms with Gasteiger partial charge in [-0.1, -0.05) is 31.4 Å². The Morgan fingerprint density at radius 2 is 1.78 bits per heavy atom. The van der Waals surface area contributed by atoms with E-state index in [9.17, 15) is 9.18 Å². The molecule has 2 fully saturated rings. The molecule has 0 unspecified atom stereocenters. The number of amides is 1. The molecule has 1 saturated carbocycles. The van der Waals surface area contributed by atoms with Crippen LogP contribution in [0.25, 0.3) is 0 Å². The summed E-state index contributed by atoms with van der Waals surface area (Å²) in [7, 11) is 0. The minimum absolute atomic E-state index is 0.0972. The standard InChI is InChI=1S/C23H27FN6O2/c24-18-10-8-17(9-11-18)21(22-25-26-27-30(22)19-5-2-1-3-6-19)28-12-14-29(15-13-28)23(31)20-7-4-16-32-20/h4,7-11,16,19,21H,1-3,5-6,12-15H2/t21-/m0/s1. The van der Waals surface area contributed by atoms with Crippen molar-refractivity contribution < 1.29 is 13.6 Å². The Balaban J connectivity index is 1.40. The number of tetrazole rings is 1. The summed E-state index contributed by atoms with van der Waals surface area (Å²) in [5, 5.41) is 12.8. The molecule has 0 bridgehead atoms. The molecule has 0 N–H and O–H groups in total. The van der Waals surface area contributed by atoms with E-state index in [2.05, 4.69) is 20.4 Å². The predicted octanol–water partition coefficient (Wildman–Crippen LogP) is 3.46. The smallest absolute Gasteiger partial charge is 0.289 e. The molecule has 0 spiro atoms. The topological polar surface area (TPSA) is 80.3 Å². The van der Waals surface area contributed by atoms with Crippen LogP contribution in [-0.2, 0) is 0 Å². The van der Waals surface area contributed by atoms with Crippen molar-refractivity contribution in [3.63, 3.8) is 0 Å². The fraction of sp³-hybridized carbons (Fsp3) is 0.478. The highest BCUT2D eigenvalue weighted by Gasteiger charge is 2.34. The SMILES string of the molecule is O=C(c1ccco1)N1CCN([C@@H](c2ccc(F)cc2)c2nnnn2C2CCCCC2)CC1. The fourth-order valence-corrected chi connectivity index (χ4v) is 4.87. The van der Waals surface area contributed by atoms with Crippen LogP contribution in [0.3, 0.4) is 0 Å². The van der Waals surface area contributed by atoms with Gasteiger partial charge in [0.05, 0.1) is 18.3 Å². The third-order valence-electron chi connectivity index (χ3n) is 6.57. The number of carbonyl (C=O) groups excluding carboxylic acids is 1. The van der Waals surface area contributed by atoms with Crippen molar-refractivity contribution in [2.24, 2.45) is 0 Å². The van der Waals surface area contributed by atoms with E-state index in [1.165, 1.54) is 37.7 Å². The molecule has 2 aromatic heterocycles. The van der Waals surface area contributed by atoms with E-state index in [1.54, 1.807) is 29.2 Å². The second-order valence-corrected chi connectivity index (χ2v) is 8.53. The van der Waals surface area contributed by atoms with Crippen LogP contribution in [0.2, 0.25) is 0 Å². The molecule has 3 aromatic rings. The Kier molecular flexibility index (Phi) is 5.98. The van der Waals surface area contributed by atoms with Gasteiger partial charge in [0.2, 0.25) is 0 Å². The quantitative estimate of drug-likeness (QED) is 0.607. The molecule has 1 aliphatic heterocycles. The lowest BCUT2D eigenvalue weighted by molar-refractivity contribution is 0.0557. The van der Waals surface area contributed by atoms with Gasteiger partial charge in [0.25, 0.3) is 5.91 Å². The molecule has 9 heteroatoms. The van der Waals surface area contributed by atoms with E-state index in [-0.39, 0.29) is 17.8 Å². The zero-order chi connectivity index (χ0) is 21.9. The van der Waals surface area contributed by atoms with E-state index in [4.69, 9.17) is 4.42 Å². The second kappa shape index (κ2) is 9.20. The third-order valence-corrected chi connectivity index (χ3v) is 6.57. The van der Waals surface area contributed by atoms with E-state index >= 15 is 0 Å². The fourth-order valence-electron chi connectivity index (χ4n) is 4.87. The second-order valence-electron chi connectivity index (χ2n) is 8.53. The summed E-state index contributed by atoms with van der Waals surface area (Å²) in [6.45, 7) is 2.46. The average Bonchev–Trinajstić information content (AvgIpc) is 3.54. The summed E-state index contributed by atoms with van der Waals surface area (Å²) in [6.07, 6.45) is 7.26.